The van der Waals surface area contributed by atoms with Crippen LogP contribution in [0.4, 0.5) is 0 Å². The lowest BCUT2D eigenvalue weighted by Crippen LogP contribution is -2.40. The predicted molar refractivity (Wildman–Crippen MR) is 112 cm³/mol. The molecular weight excluding hydrogens is 370 g/mol. The van der Waals surface area contributed by atoms with Gasteiger partial charge >= 0.3 is 0 Å². The smallest absolute Gasteiger partial charge is 0.266 e. The lowest BCUT2D eigenvalue weighted by atomic mass is 10.1. The number of carbonyl (C=O) groups is 1. The fraction of sp³-hybridized carbons (Fsp3) is 0.318. The largest absolute Gasteiger partial charge is 0.383 e. The van der Waals surface area contributed by atoms with Crippen molar-refractivity contribution in [2.24, 2.45) is 0 Å². The third kappa shape index (κ3) is 4.64. The summed E-state index contributed by atoms with van der Waals surface area (Å²) >= 11 is 1.39. The number of ether oxygens (including phenoxy) is 1. The Labute approximate surface area is 170 Å². The van der Waals surface area contributed by atoms with Crippen LogP contribution in [0.25, 0.3) is 10.7 Å². The van der Waals surface area contributed by atoms with Crippen LogP contribution < -0.4 is 0 Å². The molecule has 5 nitrogen and oxygen atoms in total. The van der Waals surface area contributed by atoms with Crippen molar-refractivity contribution in [2.45, 2.75) is 33.4 Å². The highest BCUT2D eigenvalue weighted by molar-refractivity contribution is 7.17. The molecule has 28 heavy (non-hydrogen) atoms. The van der Waals surface area contributed by atoms with Gasteiger partial charge in [0.2, 0.25) is 0 Å². The summed E-state index contributed by atoms with van der Waals surface area (Å²) in [5.41, 5.74) is 3.79. The van der Waals surface area contributed by atoms with Crippen molar-refractivity contribution in [3.05, 3.63) is 70.4 Å². The molecule has 0 N–H and O–H groups in total. The fourth-order valence-electron chi connectivity index (χ4n) is 3.09. The predicted octanol–water partition coefficient (Wildman–Crippen LogP) is 4.50. The summed E-state index contributed by atoms with van der Waals surface area (Å²) in [5.74, 6) is -0.0248. The third-order valence-electron chi connectivity index (χ3n) is 4.51. The standard InChI is InChI=1S/C22H25N3O2S/c1-15-8-7-9-18(12-15)13-25(16(2)14-27-4)22(26)20-17(3)24-21(28-20)19-10-5-6-11-23-19/h5-12,16H,13-14H2,1-4H3/t16-/m0/s1. The Bertz CT molecular complexity index is 940. The molecule has 1 amide bonds. The minimum atomic E-state index is -0.0576. The van der Waals surface area contributed by atoms with E-state index in [4.69, 9.17) is 4.74 Å². The molecule has 0 fully saturated rings. The third-order valence-corrected chi connectivity index (χ3v) is 5.68. The summed E-state index contributed by atoms with van der Waals surface area (Å²) in [6.07, 6.45) is 1.73. The van der Waals surface area contributed by atoms with Gasteiger partial charge in [-0.15, -0.1) is 11.3 Å². The van der Waals surface area contributed by atoms with Crippen molar-refractivity contribution >= 4 is 17.2 Å². The second kappa shape index (κ2) is 9.08. The van der Waals surface area contributed by atoms with Crippen molar-refractivity contribution in [1.82, 2.24) is 14.9 Å². The molecule has 0 aliphatic rings. The van der Waals surface area contributed by atoms with Gasteiger partial charge < -0.3 is 9.64 Å². The number of amides is 1. The van der Waals surface area contributed by atoms with E-state index in [1.165, 1.54) is 16.9 Å². The van der Waals surface area contributed by atoms with Crippen LogP contribution in [0, 0.1) is 13.8 Å². The van der Waals surface area contributed by atoms with E-state index in [9.17, 15) is 4.79 Å². The summed E-state index contributed by atoms with van der Waals surface area (Å²) in [7, 11) is 1.66. The first-order chi connectivity index (χ1) is 13.5. The molecule has 0 aliphatic heterocycles. The number of carbonyl (C=O) groups excluding carboxylic acids is 1. The van der Waals surface area contributed by atoms with Gasteiger partial charge in [0.25, 0.3) is 5.91 Å². The molecule has 0 radical (unpaired) electrons. The van der Waals surface area contributed by atoms with Crippen LogP contribution in [-0.2, 0) is 11.3 Å². The van der Waals surface area contributed by atoms with Gasteiger partial charge in [0.15, 0.2) is 0 Å². The molecule has 0 bridgehead atoms. The second-order valence-electron chi connectivity index (χ2n) is 6.88. The zero-order chi connectivity index (χ0) is 20.1. The van der Waals surface area contributed by atoms with E-state index >= 15 is 0 Å². The first kappa shape index (κ1) is 20.2. The van der Waals surface area contributed by atoms with Crippen molar-refractivity contribution in [3.63, 3.8) is 0 Å². The molecule has 2 aromatic heterocycles. The van der Waals surface area contributed by atoms with Crippen LogP contribution >= 0.6 is 11.3 Å². The van der Waals surface area contributed by atoms with Crippen molar-refractivity contribution in [2.75, 3.05) is 13.7 Å². The van der Waals surface area contributed by atoms with E-state index in [0.29, 0.717) is 18.0 Å². The maximum Gasteiger partial charge on any atom is 0.266 e. The quantitative estimate of drug-likeness (QED) is 0.591. The monoisotopic (exact) mass is 395 g/mol. The number of nitrogens with zero attached hydrogens (tertiary/aromatic N) is 3. The first-order valence-electron chi connectivity index (χ1n) is 9.24. The number of aromatic nitrogens is 2. The lowest BCUT2D eigenvalue weighted by molar-refractivity contribution is 0.0546. The van der Waals surface area contributed by atoms with Gasteiger partial charge in [0.05, 0.1) is 24.0 Å². The average Bonchev–Trinajstić information content (AvgIpc) is 3.08. The maximum atomic E-state index is 13.4. The van der Waals surface area contributed by atoms with Crippen LogP contribution in [0.15, 0.2) is 48.7 Å². The molecule has 0 saturated heterocycles. The molecule has 146 valence electrons. The maximum absolute atomic E-state index is 13.4. The lowest BCUT2D eigenvalue weighted by Gasteiger charge is -2.29. The van der Waals surface area contributed by atoms with E-state index in [0.717, 1.165) is 22.0 Å². The van der Waals surface area contributed by atoms with Gasteiger partial charge in [-0.05, 0) is 38.5 Å². The Hall–Kier alpha value is -2.57. The summed E-state index contributed by atoms with van der Waals surface area (Å²) < 4.78 is 5.32. The number of methoxy groups -OCH3 is 1. The summed E-state index contributed by atoms with van der Waals surface area (Å²) in [5, 5.41) is 0.761. The van der Waals surface area contributed by atoms with Crippen LogP contribution in [-0.4, -0.2) is 40.5 Å². The van der Waals surface area contributed by atoms with Crippen LogP contribution in [0.5, 0.6) is 0 Å². The van der Waals surface area contributed by atoms with Crippen LogP contribution in [0.1, 0.15) is 33.4 Å². The summed E-state index contributed by atoms with van der Waals surface area (Å²) in [6, 6.07) is 13.9. The molecule has 0 unspecified atom stereocenters. The molecule has 1 aromatic carbocycles. The Balaban J connectivity index is 1.91. The Morgan fingerprint density at radius 1 is 1.21 bits per heavy atom. The first-order valence-corrected chi connectivity index (χ1v) is 10.1. The number of aryl methyl sites for hydroxylation is 2. The molecule has 2 heterocycles. The number of thiazole rings is 1. The van der Waals surface area contributed by atoms with Gasteiger partial charge in [0, 0.05) is 19.9 Å². The molecule has 0 saturated carbocycles. The Kier molecular flexibility index (Phi) is 6.54. The van der Waals surface area contributed by atoms with E-state index in [1.807, 2.05) is 49.1 Å². The number of benzene rings is 1. The molecule has 3 aromatic rings. The highest BCUT2D eigenvalue weighted by Gasteiger charge is 2.26. The topological polar surface area (TPSA) is 55.3 Å². The number of pyridine rings is 1. The molecule has 1 atom stereocenters. The van der Waals surface area contributed by atoms with Gasteiger partial charge in [0.1, 0.15) is 9.88 Å². The Morgan fingerprint density at radius 2 is 2.04 bits per heavy atom. The minimum absolute atomic E-state index is 0.0248. The average molecular weight is 396 g/mol. The number of hydrogen-bond donors (Lipinski definition) is 0. The molecule has 6 heteroatoms. The fourth-order valence-corrected chi connectivity index (χ4v) is 4.09. The van der Waals surface area contributed by atoms with Crippen molar-refractivity contribution in [1.29, 1.82) is 0 Å². The molecule has 3 rings (SSSR count). The second-order valence-corrected chi connectivity index (χ2v) is 7.87. The molecule has 0 spiro atoms. The van der Waals surface area contributed by atoms with Gasteiger partial charge in [-0.1, -0.05) is 35.9 Å². The van der Waals surface area contributed by atoms with Crippen LogP contribution in [0.3, 0.4) is 0 Å². The zero-order valence-electron chi connectivity index (χ0n) is 16.7. The van der Waals surface area contributed by atoms with Gasteiger partial charge in [-0.25, -0.2) is 4.98 Å². The number of rotatable bonds is 7. The van der Waals surface area contributed by atoms with Crippen LogP contribution in [0.2, 0.25) is 0 Å². The molecular formula is C22H25N3O2S. The van der Waals surface area contributed by atoms with E-state index < -0.39 is 0 Å². The Morgan fingerprint density at radius 3 is 2.71 bits per heavy atom. The van der Waals surface area contributed by atoms with E-state index in [-0.39, 0.29) is 11.9 Å². The van der Waals surface area contributed by atoms with Gasteiger partial charge in [-0.3, -0.25) is 9.78 Å². The zero-order valence-corrected chi connectivity index (χ0v) is 17.5. The summed E-state index contributed by atoms with van der Waals surface area (Å²) in [6.45, 7) is 6.94. The van der Waals surface area contributed by atoms with Crippen molar-refractivity contribution < 1.29 is 9.53 Å². The normalized spacial score (nSPS) is 12.0. The summed E-state index contributed by atoms with van der Waals surface area (Å²) in [4.78, 5) is 24.9. The van der Waals surface area contributed by atoms with E-state index in [1.54, 1.807) is 13.3 Å². The van der Waals surface area contributed by atoms with E-state index in [2.05, 4.69) is 29.0 Å². The van der Waals surface area contributed by atoms with Gasteiger partial charge in [-0.2, -0.15) is 0 Å². The highest BCUT2D eigenvalue weighted by atomic mass is 32.1. The van der Waals surface area contributed by atoms with Crippen molar-refractivity contribution in [3.8, 4) is 10.7 Å². The highest BCUT2D eigenvalue weighted by Crippen LogP contribution is 2.28. The SMILES string of the molecule is COC[C@H](C)N(Cc1cccc(C)c1)C(=O)c1sc(-c2ccccn2)nc1C. The number of hydrogen-bond acceptors (Lipinski definition) is 5. The minimum Gasteiger partial charge on any atom is -0.383 e. The molecule has 0 aliphatic carbocycles.